The second-order valence-electron chi connectivity index (χ2n) is 3.78. The summed E-state index contributed by atoms with van der Waals surface area (Å²) in [4.78, 5) is 11.9. The summed E-state index contributed by atoms with van der Waals surface area (Å²) in [6.45, 7) is 2.13. The van der Waals surface area contributed by atoms with Gasteiger partial charge in [-0.25, -0.2) is 0 Å². The maximum Gasteiger partial charge on any atom is 0.168 e. The van der Waals surface area contributed by atoms with Crippen molar-refractivity contribution < 1.29 is 14.4 Å². The van der Waals surface area contributed by atoms with Gasteiger partial charge in [-0.1, -0.05) is 23.2 Å². The first-order valence-electron chi connectivity index (χ1n) is 5.58. The van der Waals surface area contributed by atoms with Gasteiger partial charge in [0, 0.05) is 19.5 Å². The molecule has 0 aliphatic heterocycles. The van der Waals surface area contributed by atoms with Crippen LogP contribution in [0, 0.1) is 0 Å². The molecule has 6 heteroatoms. The molecule has 1 N–H and O–H groups in total. The van der Waals surface area contributed by atoms with Crippen LogP contribution in [0.15, 0.2) is 12.1 Å². The van der Waals surface area contributed by atoms with Crippen LogP contribution in [0.2, 0.25) is 10.0 Å². The van der Waals surface area contributed by atoms with Gasteiger partial charge in [0.25, 0.3) is 0 Å². The Balaban J connectivity index is 2.70. The van der Waals surface area contributed by atoms with Crippen LogP contribution in [0.25, 0.3) is 0 Å². The average molecular weight is 294 g/mol. The van der Waals surface area contributed by atoms with E-state index in [-0.39, 0.29) is 46.7 Å². The minimum absolute atomic E-state index is 0.00562. The van der Waals surface area contributed by atoms with Crippen molar-refractivity contribution in [2.45, 2.75) is 19.8 Å². The Morgan fingerprint density at radius 1 is 1.39 bits per heavy atom. The maximum atomic E-state index is 12.8. The SMILES string of the molecule is CCN(F)CCCC(=O)c1c(Cl)ccc(Cl)c1O. The Kier molecular flexibility index (Phi) is 5.85. The summed E-state index contributed by atoms with van der Waals surface area (Å²) in [6.07, 6.45) is 0.458. The molecule has 0 aliphatic carbocycles. The summed E-state index contributed by atoms with van der Waals surface area (Å²) >= 11 is 11.5. The quantitative estimate of drug-likeness (QED) is 0.639. The van der Waals surface area contributed by atoms with Gasteiger partial charge in [-0.2, -0.15) is 0 Å². The van der Waals surface area contributed by atoms with Crippen LogP contribution in [0.3, 0.4) is 0 Å². The fourth-order valence-electron chi connectivity index (χ4n) is 1.50. The van der Waals surface area contributed by atoms with E-state index in [1.54, 1.807) is 6.92 Å². The second-order valence-corrected chi connectivity index (χ2v) is 4.60. The van der Waals surface area contributed by atoms with Crippen LogP contribution in [0.1, 0.15) is 30.1 Å². The van der Waals surface area contributed by atoms with Crippen LogP contribution >= 0.6 is 23.2 Å². The molecular formula is C12H14Cl2FNO2. The number of benzene rings is 1. The molecule has 0 spiro atoms. The summed E-state index contributed by atoms with van der Waals surface area (Å²) in [5, 5.41) is 10.5. The molecule has 0 amide bonds. The Morgan fingerprint density at radius 2 is 2.00 bits per heavy atom. The summed E-state index contributed by atoms with van der Waals surface area (Å²) in [6, 6.07) is 2.86. The normalized spacial score (nSPS) is 10.9. The first-order chi connectivity index (χ1) is 8.47. The van der Waals surface area contributed by atoms with Crippen molar-refractivity contribution in [2.24, 2.45) is 0 Å². The van der Waals surface area contributed by atoms with E-state index in [0.29, 0.717) is 11.5 Å². The van der Waals surface area contributed by atoms with Gasteiger partial charge in [0.05, 0.1) is 15.6 Å². The molecule has 100 valence electrons. The fourth-order valence-corrected chi connectivity index (χ4v) is 1.92. The lowest BCUT2D eigenvalue weighted by molar-refractivity contribution is 0.0303. The summed E-state index contributed by atoms with van der Waals surface area (Å²) < 4.78 is 12.8. The second kappa shape index (κ2) is 6.92. The molecule has 0 radical (unpaired) electrons. The molecule has 0 aliphatic rings. The van der Waals surface area contributed by atoms with Gasteiger partial charge in [-0.3, -0.25) is 4.79 Å². The van der Waals surface area contributed by atoms with Crippen LogP contribution in [-0.2, 0) is 0 Å². The number of carbonyl (C=O) groups is 1. The van der Waals surface area contributed by atoms with Crippen LogP contribution < -0.4 is 0 Å². The van der Waals surface area contributed by atoms with Gasteiger partial charge < -0.3 is 5.11 Å². The van der Waals surface area contributed by atoms with E-state index in [2.05, 4.69) is 0 Å². The highest BCUT2D eigenvalue weighted by molar-refractivity contribution is 6.37. The predicted molar refractivity (Wildman–Crippen MR) is 70.0 cm³/mol. The van der Waals surface area contributed by atoms with Gasteiger partial charge in [0.15, 0.2) is 5.78 Å². The lowest BCUT2D eigenvalue weighted by Gasteiger charge is -2.10. The van der Waals surface area contributed by atoms with E-state index in [9.17, 15) is 14.4 Å². The number of aromatic hydroxyl groups is 1. The van der Waals surface area contributed by atoms with E-state index in [0.717, 1.165) is 0 Å². The van der Waals surface area contributed by atoms with Crippen molar-refractivity contribution in [1.82, 2.24) is 5.12 Å². The summed E-state index contributed by atoms with van der Waals surface area (Å²) in [7, 11) is 0. The van der Waals surface area contributed by atoms with Crippen molar-refractivity contribution in [3.05, 3.63) is 27.7 Å². The zero-order valence-electron chi connectivity index (χ0n) is 9.92. The number of rotatable bonds is 6. The van der Waals surface area contributed by atoms with Crippen molar-refractivity contribution >= 4 is 29.0 Å². The van der Waals surface area contributed by atoms with Gasteiger partial charge in [0.1, 0.15) is 5.75 Å². The standard InChI is InChI=1S/C12H14Cl2FNO2/c1-2-16(15)7-3-4-10(17)11-8(13)5-6-9(14)12(11)18/h5-6,18H,2-4,7H2,1H3. The average Bonchev–Trinajstić information content (AvgIpc) is 2.34. The molecule has 0 heterocycles. The summed E-state index contributed by atoms with van der Waals surface area (Å²) in [5.41, 5.74) is 0.00562. The molecule has 18 heavy (non-hydrogen) atoms. The third kappa shape index (κ3) is 3.83. The lowest BCUT2D eigenvalue weighted by atomic mass is 10.1. The number of phenols is 1. The van der Waals surface area contributed by atoms with Gasteiger partial charge in [0.2, 0.25) is 0 Å². The Hall–Kier alpha value is -0.840. The molecule has 0 saturated heterocycles. The van der Waals surface area contributed by atoms with Crippen molar-refractivity contribution in [1.29, 1.82) is 0 Å². The van der Waals surface area contributed by atoms with E-state index in [1.165, 1.54) is 12.1 Å². The monoisotopic (exact) mass is 293 g/mol. The Bertz CT molecular complexity index is 440. The van der Waals surface area contributed by atoms with Gasteiger partial charge in [-0.15, -0.1) is 9.60 Å². The maximum absolute atomic E-state index is 12.8. The molecule has 1 rings (SSSR count). The molecule has 0 aromatic heterocycles. The number of ketones is 1. The number of Topliss-reactive ketones (excluding diaryl/α,β-unsaturated/α-hetero) is 1. The first-order valence-corrected chi connectivity index (χ1v) is 6.33. The van der Waals surface area contributed by atoms with Crippen LogP contribution in [0.5, 0.6) is 5.75 Å². The molecule has 0 saturated carbocycles. The molecule has 0 bridgehead atoms. The van der Waals surface area contributed by atoms with E-state index < -0.39 is 0 Å². The van der Waals surface area contributed by atoms with E-state index in [1.807, 2.05) is 0 Å². The fraction of sp³-hybridized carbons (Fsp3) is 0.417. The number of hydrogen-bond donors (Lipinski definition) is 1. The number of carbonyl (C=O) groups excluding carboxylic acids is 1. The summed E-state index contributed by atoms with van der Waals surface area (Å²) in [5.74, 6) is -0.661. The van der Waals surface area contributed by atoms with Crippen LogP contribution in [-0.4, -0.2) is 29.1 Å². The molecule has 1 aromatic carbocycles. The number of halogens is 3. The van der Waals surface area contributed by atoms with Gasteiger partial charge >= 0.3 is 0 Å². The highest BCUT2D eigenvalue weighted by Gasteiger charge is 2.17. The first kappa shape index (κ1) is 15.2. The van der Waals surface area contributed by atoms with E-state index in [4.69, 9.17) is 23.2 Å². The molecule has 1 aromatic rings. The number of phenolic OH excluding ortho intramolecular Hbond substituents is 1. The minimum atomic E-state index is -0.343. The smallest absolute Gasteiger partial charge is 0.168 e. The Morgan fingerprint density at radius 3 is 2.61 bits per heavy atom. The van der Waals surface area contributed by atoms with Crippen LogP contribution in [0.4, 0.5) is 4.48 Å². The lowest BCUT2D eigenvalue weighted by Crippen LogP contribution is -2.15. The highest BCUT2D eigenvalue weighted by atomic mass is 35.5. The van der Waals surface area contributed by atoms with Crippen molar-refractivity contribution in [2.75, 3.05) is 13.1 Å². The van der Waals surface area contributed by atoms with Crippen molar-refractivity contribution in [3.63, 3.8) is 0 Å². The molecule has 0 fully saturated rings. The van der Waals surface area contributed by atoms with Crippen molar-refractivity contribution in [3.8, 4) is 5.75 Å². The molecule has 3 nitrogen and oxygen atoms in total. The van der Waals surface area contributed by atoms with E-state index >= 15 is 0 Å². The molecule has 0 atom stereocenters. The minimum Gasteiger partial charge on any atom is -0.506 e. The largest absolute Gasteiger partial charge is 0.506 e. The topological polar surface area (TPSA) is 40.5 Å². The highest BCUT2D eigenvalue weighted by Crippen LogP contribution is 2.33. The van der Waals surface area contributed by atoms with Gasteiger partial charge in [-0.05, 0) is 25.5 Å². The zero-order chi connectivity index (χ0) is 13.7. The predicted octanol–water partition coefficient (Wildman–Crippen LogP) is 3.87. The molecule has 0 unspecified atom stereocenters. The zero-order valence-corrected chi connectivity index (χ0v) is 11.4. The third-order valence-corrected chi connectivity index (χ3v) is 3.12. The Labute approximate surface area is 115 Å². The molecular weight excluding hydrogens is 280 g/mol. The number of nitrogens with zero attached hydrogens (tertiary/aromatic N) is 1. The number of hydrogen-bond acceptors (Lipinski definition) is 3. The third-order valence-electron chi connectivity index (χ3n) is 2.50.